The zero-order valence-corrected chi connectivity index (χ0v) is 7.81. The highest BCUT2D eigenvalue weighted by Crippen LogP contribution is 2.25. The van der Waals surface area contributed by atoms with Crippen molar-refractivity contribution in [3.8, 4) is 5.75 Å². The zero-order chi connectivity index (χ0) is 9.14. The smallest absolute Gasteiger partial charge is 0.387 e. The number of halogens is 3. The lowest BCUT2D eigenvalue weighted by molar-refractivity contribution is -0.0504. The lowest BCUT2D eigenvalue weighted by Gasteiger charge is -2.06. The maximum absolute atomic E-state index is 11.8. The van der Waals surface area contributed by atoms with Crippen molar-refractivity contribution in [1.29, 1.82) is 0 Å². The normalized spacial score (nSPS) is 10.4. The van der Waals surface area contributed by atoms with Crippen LogP contribution >= 0.6 is 15.9 Å². The first-order chi connectivity index (χ1) is 5.59. The summed E-state index contributed by atoms with van der Waals surface area (Å²) in [6.45, 7) is -1.10. The predicted molar refractivity (Wildman–Crippen MR) is 43.3 cm³/mol. The SMILES string of the molecule is Cc1cc(OC(F)F)c(Br)cn1. The Hall–Kier alpha value is -0.710. The van der Waals surface area contributed by atoms with Gasteiger partial charge in [-0.2, -0.15) is 8.78 Å². The standard InChI is InChI=1S/C7H6BrF2NO/c1-4-2-6(12-7(9)10)5(8)3-11-4/h2-3,7H,1H3. The first-order valence-corrected chi connectivity index (χ1v) is 3.96. The van der Waals surface area contributed by atoms with Gasteiger partial charge in [0.15, 0.2) is 0 Å². The number of ether oxygens (including phenoxy) is 1. The molecule has 0 unspecified atom stereocenters. The van der Waals surface area contributed by atoms with Gasteiger partial charge in [0, 0.05) is 18.0 Å². The van der Waals surface area contributed by atoms with E-state index in [4.69, 9.17) is 0 Å². The van der Waals surface area contributed by atoms with Gasteiger partial charge in [0.2, 0.25) is 0 Å². The molecule has 0 spiro atoms. The molecule has 0 amide bonds. The van der Waals surface area contributed by atoms with Crippen molar-refractivity contribution < 1.29 is 13.5 Å². The number of pyridine rings is 1. The van der Waals surface area contributed by atoms with Crippen LogP contribution in [0.4, 0.5) is 8.78 Å². The summed E-state index contributed by atoms with van der Waals surface area (Å²) in [5.41, 5.74) is 0.633. The summed E-state index contributed by atoms with van der Waals surface area (Å²) in [6.07, 6.45) is 1.42. The number of aromatic nitrogens is 1. The molecule has 5 heteroatoms. The Morgan fingerprint density at radius 3 is 2.83 bits per heavy atom. The molecule has 1 heterocycles. The van der Waals surface area contributed by atoms with E-state index in [0.29, 0.717) is 10.2 Å². The van der Waals surface area contributed by atoms with E-state index in [1.54, 1.807) is 6.92 Å². The van der Waals surface area contributed by atoms with E-state index < -0.39 is 6.61 Å². The molecule has 0 N–H and O–H groups in total. The second-order valence-corrected chi connectivity index (χ2v) is 2.99. The quantitative estimate of drug-likeness (QED) is 0.790. The van der Waals surface area contributed by atoms with Gasteiger partial charge in [0.25, 0.3) is 0 Å². The molecule has 0 saturated heterocycles. The second kappa shape index (κ2) is 3.80. The van der Waals surface area contributed by atoms with E-state index in [2.05, 4.69) is 25.7 Å². The molecule has 0 atom stereocenters. The van der Waals surface area contributed by atoms with Crippen LogP contribution in [0.5, 0.6) is 5.75 Å². The van der Waals surface area contributed by atoms with Crippen LogP contribution in [-0.4, -0.2) is 11.6 Å². The molecule has 0 fully saturated rings. The fourth-order valence-corrected chi connectivity index (χ4v) is 1.01. The van der Waals surface area contributed by atoms with E-state index >= 15 is 0 Å². The van der Waals surface area contributed by atoms with Gasteiger partial charge in [-0.25, -0.2) is 0 Å². The largest absolute Gasteiger partial charge is 0.433 e. The third kappa shape index (κ3) is 2.41. The molecule has 0 aromatic carbocycles. The zero-order valence-electron chi connectivity index (χ0n) is 6.22. The fourth-order valence-electron chi connectivity index (χ4n) is 0.704. The highest BCUT2D eigenvalue weighted by atomic mass is 79.9. The van der Waals surface area contributed by atoms with E-state index in [0.717, 1.165) is 0 Å². The van der Waals surface area contributed by atoms with E-state index in [-0.39, 0.29) is 5.75 Å². The maximum Gasteiger partial charge on any atom is 0.387 e. The van der Waals surface area contributed by atoms with Gasteiger partial charge >= 0.3 is 6.61 Å². The number of rotatable bonds is 2. The van der Waals surface area contributed by atoms with Crippen LogP contribution < -0.4 is 4.74 Å². The number of hydrogen-bond acceptors (Lipinski definition) is 2. The molecule has 2 nitrogen and oxygen atoms in total. The van der Waals surface area contributed by atoms with Gasteiger partial charge in [0.1, 0.15) is 5.75 Å². The minimum atomic E-state index is -2.80. The number of nitrogens with zero attached hydrogens (tertiary/aromatic N) is 1. The van der Waals surface area contributed by atoms with Gasteiger partial charge in [-0.15, -0.1) is 0 Å². The Morgan fingerprint density at radius 2 is 2.25 bits per heavy atom. The molecule has 0 aliphatic carbocycles. The summed E-state index contributed by atoms with van der Waals surface area (Å²) in [7, 11) is 0. The van der Waals surface area contributed by atoms with Crippen molar-refractivity contribution in [2.24, 2.45) is 0 Å². The molecule has 0 radical (unpaired) electrons. The van der Waals surface area contributed by atoms with Crippen LogP contribution in [0.3, 0.4) is 0 Å². The maximum atomic E-state index is 11.8. The van der Waals surface area contributed by atoms with Crippen molar-refractivity contribution in [3.05, 3.63) is 22.4 Å². The molecule has 0 saturated carbocycles. The molecular formula is C7H6BrF2NO. The summed E-state index contributed by atoms with van der Waals surface area (Å²) in [4.78, 5) is 3.87. The Labute approximate surface area is 76.7 Å². The average molecular weight is 238 g/mol. The summed E-state index contributed by atoms with van der Waals surface area (Å²) in [5, 5.41) is 0. The molecule has 66 valence electrons. The van der Waals surface area contributed by atoms with Gasteiger partial charge in [-0.3, -0.25) is 4.98 Å². The van der Waals surface area contributed by atoms with Crippen LogP contribution in [0.25, 0.3) is 0 Å². The van der Waals surface area contributed by atoms with Crippen molar-refractivity contribution in [2.75, 3.05) is 0 Å². The summed E-state index contributed by atoms with van der Waals surface area (Å²) in [6, 6.07) is 1.44. The Morgan fingerprint density at radius 1 is 1.58 bits per heavy atom. The monoisotopic (exact) mass is 237 g/mol. The molecule has 0 bridgehead atoms. The Kier molecular flexibility index (Phi) is 2.97. The molecule has 1 rings (SSSR count). The number of aryl methyl sites for hydroxylation is 1. The van der Waals surface area contributed by atoms with Crippen LogP contribution in [0.15, 0.2) is 16.7 Å². The van der Waals surface area contributed by atoms with Crippen molar-refractivity contribution in [2.45, 2.75) is 13.5 Å². The van der Waals surface area contributed by atoms with Gasteiger partial charge in [0.05, 0.1) is 4.47 Å². The highest BCUT2D eigenvalue weighted by molar-refractivity contribution is 9.10. The predicted octanol–water partition coefficient (Wildman–Crippen LogP) is 2.75. The van der Waals surface area contributed by atoms with Gasteiger partial charge < -0.3 is 4.74 Å². The fraction of sp³-hybridized carbons (Fsp3) is 0.286. The molecular weight excluding hydrogens is 232 g/mol. The first-order valence-electron chi connectivity index (χ1n) is 3.16. The molecule has 1 aromatic rings. The Bertz CT molecular complexity index is 280. The average Bonchev–Trinajstić information content (AvgIpc) is 1.96. The van der Waals surface area contributed by atoms with Crippen LogP contribution in [0.2, 0.25) is 0 Å². The van der Waals surface area contributed by atoms with Crippen LogP contribution in [0.1, 0.15) is 5.69 Å². The molecule has 0 aliphatic heterocycles. The summed E-state index contributed by atoms with van der Waals surface area (Å²) in [5.74, 6) is 0.109. The van der Waals surface area contributed by atoms with E-state index in [9.17, 15) is 8.78 Å². The van der Waals surface area contributed by atoms with Crippen LogP contribution in [0, 0.1) is 6.92 Å². The number of alkyl halides is 2. The van der Waals surface area contributed by atoms with E-state index in [1.807, 2.05) is 0 Å². The van der Waals surface area contributed by atoms with Gasteiger partial charge in [-0.05, 0) is 22.9 Å². The third-order valence-electron chi connectivity index (χ3n) is 1.17. The third-order valence-corrected chi connectivity index (χ3v) is 1.77. The van der Waals surface area contributed by atoms with Crippen molar-refractivity contribution in [3.63, 3.8) is 0 Å². The van der Waals surface area contributed by atoms with E-state index in [1.165, 1.54) is 12.3 Å². The minimum Gasteiger partial charge on any atom is -0.433 e. The summed E-state index contributed by atoms with van der Waals surface area (Å²) < 4.78 is 28.2. The Balaban J connectivity index is 2.90. The topological polar surface area (TPSA) is 22.1 Å². The lowest BCUT2D eigenvalue weighted by Crippen LogP contribution is -2.03. The molecule has 1 aromatic heterocycles. The van der Waals surface area contributed by atoms with Gasteiger partial charge in [-0.1, -0.05) is 0 Å². The highest BCUT2D eigenvalue weighted by Gasteiger charge is 2.08. The first kappa shape index (κ1) is 9.38. The second-order valence-electron chi connectivity index (χ2n) is 2.13. The summed E-state index contributed by atoms with van der Waals surface area (Å²) >= 11 is 3.04. The number of hydrogen-bond donors (Lipinski definition) is 0. The lowest BCUT2D eigenvalue weighted by atomic mass is 10.4. The van der Waals surface area contributed by atoms with Crippen molar-refractivity contribution >= 4 is 15.9 Å². The molecule has 0 aliphatic rings. The molecule has 12 heavy (non-hydrogen) atoms. The minimum absolute atomic E-state index is 0.109. The van der Waals surface area contributed by atoms with Crippen molar-refractivity contribution in [1.82, 2.24) is 4.98 Å². The van der Waals surface area contributed by atoms with Crippen LogP contribution in [-0.2, 0) is 0 Å².